The van der Waals surface area contributed by atoms with Crippen LogP contribution < -0.4 is 0 Å². The smallest absolute Gasteiger partial charge is 0.238 e. The molecule has 0 spiro atoms. The van der Waals surface area contributed by atoms with Crippen molar-refractivity contribution < 1.29 is 9.59 Å². The van der Waals surface area contributed by atoms with Gasteiger partial charge in [-0.2, -0.15) is 5.26 Å². The molecule has 1 saturated carbocycles. The summed E-state index contributed by atoms with van der Waals surface area (Å²) in [5.41, 5.74) is -1.03. The van der Waals surface area contributed by atoms with E-state index in [2.05, 4.69) is 6.07 Å². The molecule has 1 aliphatic heterocycles. The van der Waals surface area contributed by atoms with Gasteiger partial charge in [0.2, 0.25) is 11.8 Å². The Labute approximate surface area is 168 Å². The number of fused-ring (bicyclic) bond motifs is 1. The second-order valence-corrected chi connectivity index (χ2v) is 10.2. The Bertz CT molecular complexity index is 655. The fourth-order valence-corrected chi connectivity index (χ4v) is 5.04. The number of amides is 2. The Morgan fingerprint density at radius 2 is 1.63 bits per heavy atom. The van der Waals surface area contributed by atoms with Crippen molar-refractivity contribution in [2.75, 3.05) is 0 Å². The molecule has 2 rings (SSSR count). The molecule has 0 aromatic rings. The van der Waals surface area contributed by atoms with Gasteiger partial charge in [-0.3, -0.25) is 9.59 Å². The normalized spacial score (nSPS) is 27.7. The second kappa shape index (κ2) is 7.91. The number of hydrogen-bond acceptors (Lipinski definition) is 4. The largest absolute Gasteiger partial charge is 0.274 e. The topological polar surface area (TPSA) is 73.5 Å². The van der Waals surface area contributed by atoms with E-state index in [1.165, 1.54) is 4.90 Å². The standard InChI is InChI=1S/C21H32ClN3O2/c1-13(2)10-20(5,12-23)24-19(21(6,22)11-14(3)4)25-17(26)15-8-7-9-16(15)18(25)27/h13-16H,7-11H2,1-6H3/t15?,16?,20-,21-/m1/s1. The van der Waals surface area contributed by atoms with Crippen LogP contribution in [0.25, 0.3) is 0 Å². The molecule has 5 nitrogen and oxygen atoms in total. The molecule has 2 amide bonds. The monoisotopic (exact) mass is 393 g/mol. The highest BCUT2D eigenvalue weighted by Gasteiger charge is 2.54. The van der Waals surface area contributed by atoms with Gasteiger partial charge in [0.15, 0.2) is 0 Å². The fourth-order valence-electron chi connectivity index (χ4n) is 4.60. The SMILES string of the molecule is CC(C)C[C@](C)(C#N)N=C(N1C(=O)C2CCCC2C1=O)[C@](C)(Cl)CC(C)C. The van der Waals surface area contributed by atoms with Gasteiger partial charge in [0.05, 0.1) is 17.9 Å². The summed E-state index contributed by atoms with van der Waals surface area (Å²) in [6.45, 7) is 11.7. The molecule has 1 saturated heterocycles. The number of alkyl halides is 1. The van der Waals surface area contributed by atoms with E-state index in [0.29, 0.717) is 12.8 Å². The third-order valence-electron chi connectivity index (χ3n) is 5.46. The second-order valence-electron chi connectivity index (χ2n) is 9.37. The summed E-state index contributed by atoms with van der Waals surface area (Å²) < 4.78 is 0. The minimum atomic E-state index is -1.03. The van der Waals surface area contributed by atoms with Crippen molar-refractivity contribution in [3.63, 3.8) is 0 Å². The van der Waals surface area contributed by atoms with Gasteiger partial charge in [-0.05, 0) is 51.4 Å². The first-order valence-electron chi connectivity index (χ1n) is 10.00. The number of imide groups is 1. The van der Waals surface area contributed by atoms with Crippen LogP contribution >= 0.6 is 11.6 Å². The van der Waals surface area contributed by atoms with Crippen molar-refractivity contribution in [2.24, 2.45) is 28.7 Å². The summed E-state index contributed by atoms with van der Waals surface area (Å²) in [6.07, 6.45) is 3.47. The maximum atomic E-state index is 13.1. The molecule has 2 unspecified atom stereocenters. The lowest BCUT2D eigenvalue weighted by atomic mass is 9.91. The van der Waals surface area contributed by atoms with Crippen LogP contribution in [0.15, 0.2) is 4.99 Å². The van der Waals surface area contributed by atoms with Crippen molar-refractivity contribution in [1.29, 1.82) is 5.26 Å². The molecule has 1 aliphatic carbocycles. The Balaban J connectivity index is 2.54. The van der Waals surface area contributed by atoms with E-state index in [1.54, 1.807) is 13.8 Å². The summed E-state index contributed by atoms with van der Waals surface area (Å²) in [4.78, 5) is 31.0. The molecular weight excluding hydrogens is 362 g/mol. The Kier molecular flexibility index (Phi) is 6.41. The van der Waals surface area contributed by atoms with E-state index in [9.17, 15) is 14.9 Å². The lowest BCUT2D eigenvalue weighted by molar-refractivity contribution is -0.135. The lowest BCUT2D eigenvalue weighted by Gasteiger charge is -2.33. The fraction of sp³-hybridized carbons (Fsp3) is 0.810. The van der Waals surface area contributed by atoms with Crippen LogP contribution in [0, 0.1) is 35.0 Å². The molecule has 2 aliphatic rings. The summed E-state index contributed by atoms with van der Waals surface area (Å²) in [7, 11) is 0. The molecule has 27 heavy (non-hydrogen) atoms. The molecule has 150 valence electrons. The first-order valence-corrected chi connectivity index (χ1v) is 10.4. The maximum Gasteiger partial charge on any atom is 0.238 e. The van der Waals surface area contributed by atoms with Crippen LogP contribution in [-0.2, 0) is 9.59 Å². The third-order valence-corrected chi connectivity index (χ3v) is 5.78. The molecule has 2 fully saturated rings. The molecule has 0 N–H and O–H groups in total. The van der Waals surface area contributed by atoms with Gasteiger partial charge in [0, 0.05) is 0 Å². The van der Waals surface area contributed by atoms with Gasteiger partial charge >= 0.3 is 0 Å². The molecule has 0 aromatic carbocycles. The number of nitrogens with zero attached hydrogens (tertiary/aromatic N) is 3. The van der Waals surface area contributed by atoms with Crippen molar-refractivity contribution >= 4 is 29.3 Å². The van der Waals surface area contributed by atoms with Gasteiger partial charge in [-0.1, -0.05) is 34.1 Å². The number of rotatable bonds is 6. The predicted molar refractivity (Wildman–Crippen MR) is 107 cm³/mol. The average molecular weight is 394 g/mol. The zero-order valence-electron chi connectivity index (χ0n) is 17.4. The van der Waals surface area contributed by atoms with Crippen LogP contribution in [0.5, 0.6) is 0 Å². The number of halogens is 1. The minimum absolute atomic E-state index is 0.193. The van der Waals surface area contributed by atoms with E-state index in [4.69, 9.17) is 16.6 Å². The zero-order chi connectivity index (χ0) is 20.6. The summed E-state index contributed by atoms with van der Waals surface area (Å²) in [6, 6.07) is 2.27. The zero-order valence-corrected chi connectivity index (χ0v) is 18.1. The average Bonchev–Trinajstić information content (AvgIpc) is 3.08. The van der Waals surface area contributed by atoms with E-state index in [1.807, 2.05) is 27.7 Å². The van der Waals surface area contributed by atoms with Crippen molar-refractivity contribution in [3.8, 4) is 6.07 Å². The number of carbonyl (C=O) groups is 2. The summed E-state index contributed by atoms with van der Waals surface area (Å²) >= 11 is 6.88. The van der Waals surface area contributed by atoms with E-state index in [0.717, 1.165) is 19.3 Å². The predicted octanol–water partition coefficient (Wildman–Crippen LogP) is 4.54. The Hall–Kier alpha value is -1.41. The van der Waals surface area contributed by atoms with Crippen LogP contribution in [0.3, 0.4) is 0 Å². The number of likely N-dealkylation sites (tertiary alicyclic amines) is 1. The molecule has 0 radical (unpaired) electrons. The van der Waals surface area contributed by atoms with Gasteiger partial charge in [0.25, 0.3) is 0 Å². The van der Waals surface area contributed by atoms with Crippen molar-refractivity contribution in [3.05, 3.63) is 0 Å². The molecule has 1 heterocycles. The molecule has 4 atom stereocenters. The Morgan fingerprint density at radius 1 is 1.15 bits per heavy atom. The van der Waals surface area contributed by atoms with Crippen molar-refractivity contribution in [2.45, 2.75) is 84.1 Å². The first-order chi connectivity index (χ1) is 12.4. The van der Waals surface area contributed by atoms with Gasteiger partial charge in [-0.25, -0.2) is 9.89 Å². The summed E-state index contributed by atoms with van der Waals surface area (Å²) in [5, 5.41) is 9.78. The Morgan fingerprint density at radius 3 is 2.04 bits per heavy atom. The number of amidine groups is 1. The van der Waals surface area contributed by atoms with Crippen LogP contribution in [-0.4, -0.2) is 33.0 Å². The molecule has 0 aromatic heterocycles. The van der Waals surface area contributed by atoms with Gasteiger partial charge < -0.3 is 0 Å². The van der Waals surface area contributed by atoms with E-state index >= 15 is 0 Å². The molecule has 6 heteroatoms. The minimum Gasteiger partial charge on any atom is -0.274 e. The third kappa shape index (κ3) is 4.54. The first kappa shape index (κ1) is 21.9. The molecular formula is C21H32ClN3O2. The highest BCUT2D eigenvalue weighted by molar-refractivity contribution is 6.39. The van der Waals surface area contributed by atoms with E-state index < -0.39 is 10.4 Å². The van der Waals surface area contributed by atoms with Crippen LogP contribution in [0.4, 0.5) is 0 Å². The number of aliphatic imine (C=N–C) groups is 1. The number of carbonyl (C=O) groups excluding carboxylic acids is 2. The molecule has 0 bridgehead atoms. The van der Waals surface area contributed by atoms with E-state index in [-0.39, 0.29) is 41.3 Å². The van der Waals surface area contributed by atoms with Crippen molar-refractivity contribution in [1.82, 2.24) is 4.90 Å². The number of hydrogen-bond donors (Lipinski definition) is 0. The number of nitriles is 1. The lowest BCUT2D eigenvalue weighted by Crippen LogP contribution is -2.49. The highest BCUT2D eigenvalue weighted by atomic mass is 35.5. The van der Waals surface area contributed by atoms with Gasteiger partial charge in [-0.15, -0.1) is 11.6 Å². The van der Waals surface area contributed by atoms with Crippen LogP contribution in [0.1, 0.15) is 73.6 Å². The maximum absolute atomic E-state index is 13.1. The highest BCUT2D eigenvalue weighted by Crippen LogP contribution is 2.42. The van der Waals surface area contributed by atoms with Gasteiger partial charge in [0.1, 0.15) is 16.2 Å². The quantitative estimate of drug-likeness (QED) is 0.287. The summed E-state index contributed by atoms with van der Waals surface area (Å²) in [5.74, 6) is -0.144. The van der Waals surface area contributed by atoms with Crippen LogP contribution in [0.2, 0.25) is 0 Å².